The number of thiazole rings is 1. The Balaban J connectivity index is 1.57. The van der Waals surface area contributed by atoms with Crippen molar-refractivity contribution in [1.82, 2.24) is 30.2 Å². The Morgan fingerprint density at radius 2 is 1.94 bits per heavy atom. The van der Waals surface area contributed by atoms with E-state index < -0.39 is 36.9 Å². The summed E-state index contributed by atoms with van der Waals surface area (Å²) in [7, 11) is -3.15. The summed E-state index contributed by atoms with van der Waals surface area (Å²) in [5.41, 5.74) is -0.313. The second-order valence-electron chi connectivity index (χ2n) is 7.39. The molecule has 1 aliphatic rings. The molecule has 2 amide bonds. The maximum atomic E-state index is 12.8. The molecular formula is C18H18N8O6S2. The number of carbonyl (C=O) groups excluding carboxylic acids is 2. The van der Waals surface area contributed by atoms with Crippen LogP contribution in [0.25, 0.3) is 0 Å². The van der Waals surface area contributed by atoms with Gasteiger partial charge in [-0.1, -0.05) is 29.3 Å². The Kier molecular flexibility index (Phi) is 6.34. The van der Waals surface area contributed by atoms with E-state index in [0.29, 0.717) is 16.9 Å². The molecule has 178 valence electrons. The molecule has 0 saturated heterocycles. The van der Waals surface area contributed by atoms with Gasteiger partial charge in [-0.05, 0) is 29.3 Å². The number of nitrogens with one attached hydrogen (secondary N) is 2. The number of pyridine rings is 1. The average molecular weight is 507 g/mol. The standard InChI is InChI=1S/C18H18N8O6S2/c1-26-18(23-24-25-26)34(31,32)15-12(14(28)29)21-17(33-15)22-16(30)20-11-8-19-7-6-10(11)13(27)9-4-2-3-5-9/h6-9H,2-5H2,1H3,(H,28,29)(H2,20,21,22,30). The summed E-state index contributed by atoms with van der Waals surface area (Å²) in [4.78, 5) is 44.7. The molecule has 3 aromatic heterocycles. The van der Waals surface area contributed by atoms with Gasteiger partial charge in [0.1, 0.15) is 0 Å². The van der Waals surface area contributed by atoms with Crippen molar-refractivity contribution in [3.05, 3.63) is 29.7 Å². The van der Waals surface area contributed by atoms with Crippen LogP contribution in [0, 0.1) is 5.92 Å². The number of aromatic carboxylic acids is 1. The zero-order valence-electron chi connectivity index (χ0n) is 17.6. The lowest BCUT2D eigenvalue weighted by Gasteiger charge is -2.13. The van der Waals surface area contributed by atoms with E-state index in [2.05, 4.69) is 36.1 Å². The monoisotopic (exact) mass is 506 g/mol. The molecule has 3 heterocycles. The highest BCUT2D eigenvalue weighted by Crippen LogP contribution is 2.32. The van der Waals surface area contributed by atoms with Crippen LogP contribution in [0.15, 0.2) is 27.8 Å². The quantitative estimate of drug-likeness (QED) is 0.393. The summed E-state index contributed by atoms with van der Waals surface area (Å²) >= 11 is 0.428. The lowest BCUT2D eigenvalue weighted by molar-refractivity contribution is 0.0687. The van der Waals surface area contributed by atoms with E-state index in [1.807, 2.05) is 0 Å². The molecule has 1 aliphatic carbocycles. The van der Waals surface area contributed by atoms with Crippen molar-refractivity contribution >= 4 is 49.8 Å². The van der Waals surface area contributed by atoms with Gasteiger partial charge in [-0.2, -0.15) is 0 Å². The Morgan fingerprint density at radius 1 is 1.21 bits per heavy atom. The van der Waals surface area contributed by atoms with Crippen LogP contribution in [-0.4, -0.2) is 61.5 Å². The number of urea groups is 1. The topological polar surface area (TPSA) is 199 Å². The SMILES string of the molecule is Cn1nnnc1S(=O)(=O)c1sc(NC(=O)Nc2cnccc2C(=O)C2CCCC2)nc1C(=O)O. The molecule has 0 radical (unpaired) electrons. The third kappa shape index (κ3) is 4.49. The fourth-order valence-corrected chi connectivity index (χ4v) is 6.24. The molecule has 1 fully saturated rings. The van der Waals surface area contributed by atoms with Gasteiger partial charge in [0.05, 0.1) is 11.9 Å². The number of Topliss-reactive ketones (excluding diaryl/α,β-unsaturated/α-hetero) is 1. The number of amides is 2. The lowest BCUT2D eigenvalue weighted by atomic mass is 9.96. The van der Waals surface area contributed by atoms with Crippen LogP contribution in [0.1, 0.15) is 46.5 Å². The van der Waals surface area contributed by atoms with Gasteiger partial charge in [0.15, 0.2) is 20.8 Å². The smallest absolute Gasteiger partial charge is 0.356 e. The third-order valence-corrected chi connectivity index (χ3v) is 8.33. The minimum Gasteiger partial charge on any atom is -0.476 e. The number of ketones is 1. The molecule has 3 N–H and O–H groups in total. The normalized spacial score (nSPS) is 14.1. The van der Waals surface area contributed by atoms with Gasteiger partial charge in [-0.15, -0.1) is 0 Å². The van der Waals surface area contributed by atoms with Crippen molar-refractivity contribution in [3.63, 3.8) is 0 Å². The number of carbonyl (C=O) groups is 3. The maximum Gasteiger partial charge on any atom is 0.356 e. The van der Waals surface area contributed by atoms with Gasteiger partial charge >= 0.3 is 12.0 Å². The highest BCUT2D eigenvalue weighted by Gasteiger charge is 2.34. The summed E-state index contributed by atoms with van der Waals surface area (Å²) in [6.07, 6.45) is 6.27. The fourth-order valence-electron chi connectivity index (χ4n) is 3.58. The minimum absolute atomic E-state index is 0.0942. The molecule has 0 aliphatic heterocycles. The first-order valence-corrected chi connectivity index (χ1v) is 12.3. The van der Waals surface area contributed by atoms with Crippen molar-refractivity contribution in [3.8, 4) is 0 Å². The minimum atomic E-state index is -4.43. The number of nitrogens with zero attached hydrogens (tertiary/aromatic N) is 6. The fraction of sp³-hybridized carbons (Fsp3) is 0.333. The number of carboxylic acids is 1. The number of tetrazole rings is 1. The Bertz CT molecular complexity index is 1380. The Morgan fingerprint density at radius 3 is 2.59 bits per heavy atom. The number of sulfone groups is 1. The zero-order valence-corrected chi connectivity index (χ0v) is 19.3. The molecule has 1 saturated carbocycles. The van der Waals surface area contributed by atoms with Gasteiger partial charge in [0, 0.05) is 24.7 Å². The zero-order chi connectivity index (χ0) is 24.5. The number of carboxylic acid groups (broad SMARTS) is 1. The summed E-state index contributed by atoms with van der Waals surface area (Å²) in [5, 5.41) is 23.4. The van der Waals surface area contributed by atoms with E-state index >= 15 is 0 Å². The van der Waals surface area contributed by atoms with Crippen LogP contribution >= 0.6 is 11.3 Å². The number of hydrogen-bond acceptors (Lipinski definition) is 11. The van der Waals surface area contributed by atoms with Gasteiger partial charge in [-0.25, -0.2) is 27.7 Å². The second kappa shape index (κ2) is 9.22. The van der Waals surface area contributed by atoms with E-state index in [4.69, 9.17) is 0 Å². The molecular weight excluding hydrogens is 488 g/mol. The summed E-state index contributed by atoms with van der Waals surface area (Å²) in [5.74, 6) is -1.83. The first kappa shape index (κ1) is 23.4. The molecule has 0 spiro atoms. The molecule has 14 nitrogen and oxygen atoms in total. The van der Waals surface area contributed by atoms with E-state index in [9.17, 15) is 27.9 Å². The molecule has 16 heteroatoms. The van der Waals surface area contributed by atoms with Crippen LogP contribution < -0.4 is 10.6 Å². The van der Waals surface area contributed by atoms with E-state index in [1.54, 1.807) is 0 Å². The number of anilines is 2. The molecule has 4 rings (SSSR count). The highest BCUT2D eigenvalue weighted by atomic mass is 32.2. The number of hydrogen-bond donors (Lipinski definition) is 3. The molecule has 0 atom stereocenters. The van der Waals surface area contributed by atoms with Crippen LogP contribution in [0.2, 0.25) is 0 Å². The van der Waals surface area contributed by atoms with Crippen LogP contribution in [0.5, 0.6) is 0 Å². The summed E-state index contributed by atoms with van der Waals surface area (Å²) in [6.45, 7) is 0. The summed E-state index contributed by atoms with van der Waals surface area (Å²) in [6, 6.07) is 0.658. The second-order valence-corrected chi connectivity index (χ2v) is 10.4. The van der Waals surface area contributed by atoms with E-state index in [0.717, 1.165) is 30.4 Å². The first-order chi connectivity index (χ1) is 16.2. The molecule has 0 aromatic carbocycles. The van der Waals surface area contributed by atoms with E-state index in [-0.39, 0.29) is 22.5 Å². The molecule has 34 heavy (non-hydrogen) atoms. The average Bonchev–Trinajstić information content (AvgIpc) is 3.54. The maximum absolute atomic E-state index is 12.8. The molecule has 0 bridgehead atoms. The third-order valence-electron chi connectivity index (χ3n) is 5.15. The number of rotatable bonds is 7. The number of aryl methyl sites for hydroxylation is 1. The van der Waals surface area contributed by atoms with Crippen molar-refractivity contribution in [1.29, 1.82) is 0 Å². The lowest BCUT2D eigenvalue weighted by Crippen LogP contribution is -2.22. The van der Waals surface area contributed by atoms with Crippen LogP contribution in [-0.2, 0) is 16.9 Å². The van der Waals surface area contributed by atoms with Crippen molar-refractivity contribution in [2.45, 2.75) is 35.0 Å². The van der Waals surface area contributed by atoms with Gasteiger partial charge < -0.3 is 10.4 Å². The Labute approximate surface area is 196 Å². The van der Waals surface area contributed by atoms with Crippen LogP contribution in [0.3, 0.4) is 0 Å². The van der Waals surface area contributed by atoms with Gasteiger partial charge in [0.25, 0.3) is 15.0 Å². The van der Waals surface area contributed by atoms with Crippen LogP contribution in [0.4, 0.5) is 15.6 Å². The molecule has 0 unspecified atom stereocenters. The van der Waals surface area contributed by atoms with E-state index in [1.165, 1.54) is 25.5 Å². The van der Waals surface area contributed by atoms with Gasteiger partial charge in [0.2, 0.25) is 0 Å². The molecule has 3 aromatic rings. The summed E-state index contributed by atoms with van der Waals surface area (Å²) < 4.78 is 25.9. The van der Waals surface area contributed by atoms with Crippen molar-refractivity contribution < 1.29 is 27.9 Å². The van der Waals surface area contributed by atoms with Gasteiger partial charge in [-0.3, -0.25) is 15.1 Å². The largest absolute Gasteiger partial charge is 0.476 e. The Hall–Kier alpha value is -3.79. The predicted molar refractivity (Wildman–Crippen MR) is 116 cm³/mol. The number of aromatic nitrogens is 6. The van der Waals surface area contributed by atoms with Crippen molar-refractivity contribution in [2.75, 3.05) is 10.6 Å². The highest BCUT2D eigenvalue weighted by molar-refractivity contribution is 7.93. The van der Waals surface area contributed by atoms with Crippen molar-refractivity contribution in [2.24, 2.45) is 13.0 Å². The first-order valence-electron chi connectivity index (χ1n) is 9.96. The predicted octanol–water partition coefficient (Wildman–Crippen LogP) is 1.61.